The second-order valence-electron chi connectivity index (χ2n) is 9.53. The molecule has 0 aliphatic rings. The molecule has 33 heavy (non-hydrogen) atoms. The van der Waals surface area contributed by atoms with Crippen LogP contribution >= 0.6 is 11.8 Å². The second kappa shape index (κ2) is 9.44. The number of thioether (sulfide) groups is 1. The molecule has 1 amide bonds. The standard InChI is InChI=1S/C28H30N2O2S/c1-5-25(33-20-16-14-19(15-17-20)29-26(31)18-28(2,3)4)27(32)30-23-12-8-6-10-21(23)22-11-7-9-13-24(22)30/h6-17,25H,5,18H2,1-4H3,(H,29,31). The summed E-state index contributed by atoms with van der Waals surface area (Å²) in [7, 11) is 0. The maximum absolute atomic E-state index is 13.7. The van der Waals surface area contributed by atoms with Gasteiger partial charge >= 0.3 is 0 Å². The third-order valence-corrected chi connectivity index (χ3v) is 6.92. The zero-order chi connectivity index (χ0) is 23.6. The summed E-state index contributed by atoms with van der Waals surface area (Å²) in [5, 5.41) is 4.93. The monoisotopic (exact) mass is 458 g/mol. The Morgan fingerprint density at radius 1 is 0.879 bits per heavy atom. The molecule has 0 aliphatic heterocycles. The van der Waals surface area contributed by atoms with E-state index in [1.807, 2.05) is 92.9 Å². The molecule has 0 bridgehead atoms. The van der Waals surface area contributed by atoms with Crippen molar-refractivity contribution in [3.05, 3.63) is 72.8 Å². The number of para-hydroxylation sites is 2. The van der Waals surface area contributed by atoms with Crippen LogP contribution in [0.15, 0.2) is 77.7 Å². The average Bonchev–Trinajstić information content (AvgIpc) is 3.11. The summed E-state index contributed by atoms with van der Waals surface area (Å²) in [6, 6.07) is 23.9. The fourth-order valence-electron chi connectivity index (χ4n) is 4.08. The summed E-state index contributed by atoms with van der Waals surface area (Å²) in [4.78, 5) is 26.9. The highest BCUT2D eigenvalue weighted by molar-refractivity contribution is 8.00. The van der Waals surface area contributed by atoms with E-state index in [4.69, 9.17) is 0 Å². The number of rotatable bonds is 6. The lowest BCUT2D eigenvalue weighted by Crippen LogP contribution is -2.23. The number of carbonyl (C=O) groups excluding carboxylic acids is 2. The first kappa shape index (κ1) is 23.1. The van der Waals surface area contributed by atoms with Crippen molar-refractivity contribution in [2.75, 3.05) is 5.32 Å². The van der Waals surface area contributed by atoms with Gasteiger partial charge < -0.3 is 5.32 Å². The van der Waals surface area contributed by atoms with Gasteiger partial charge in [0.15, 0.2) is 0 Å². The summed E-state index contributed by atoms with van der Waals surface area (Å²) in [5.74, 6) is 0.0957. The highest BCUT2D eigenvalue weighted by Gasteiger charge is 2.24. The third-order valence-electron chi connectivity index (χ3n) is 5.55. The van der Waals surface area contributed by atoms with Gasteiger partial charge in [-0.15, -0.1) is 11.8 Å². The molecular weight excluding hydrogens is 428 g/mol. The molecule has 0 aliphatic carbocycles. The molecule has 0 radical (unpaired) electrons. The Kier molecular flexibility index (Phi) is 6.61. The van der Waals surface area contributed by atoms with Crippen LogP contribution in [0.5, 0.6) is 0 Å². The highest BCUT2D eigenvalue weighted by atomic mass is 32.2. The Balaban J connectivity index is 1.55. The Hall–Kier alpha value is -3.05. The van der Waals surface area contributed by atoms with Crippen molar-refractivity contribution in [2.45, 2.75) is 50.7 Å². The fraction of sp³-hybridized carbons (Fsp3) is 0.286. The van der Waals surface area contributed by atoms with E-state index >= 15 is 0 Å². The van der Waals surface area contributed by atoms with E-state index in [9.17, 15) is 9.59 Å². The molecule has 4 rings (SSSR count). The van der Waals surface area contributed by atoms with Crippen molar-refractivity contribution in [3.63, 3.8) is 0 Å². The van der Waals surface area contributed by atoms with Crippen molar-refractivity contribution in [3.8, 4) is 0 Å². The first-order valence-electron chi connectivity index (χ1n) is 11.4. The minimum atomic E-state index is -0.217. The summed E-state index contributed by atoms with van der Waals surface area (Å²) >= 11 is 1.57. The lowest BCUT2D eigenvalue weighted by Gasteiger charge is -2.18. The van der Waals surface area contributed by atoms with Crippen LogP contribution in [0.25, 0.3) is 21.8 Å². The van der Waals surface area contributed by atoms with Crippen molar-refractivity contribution in [1.82, 2.24) is 4.57 Å². The van der Waals surface area contributed by atoms with E-state index in [-0.39, 0.29) is 22.5 Å². The first-order chi connectivity index (χ1) is 15.8. The van der Waals surface area contributed by atoms with Crippen LogP contribution in [0, 0.1) is 5.41 Å². The Bertz CT molecular complexity index is 1250. The molecule has 0 saturated carbocycles. The van der Waals surface area contributed by atoms with E-state index in [1.165, 1.54) is 0 Å². The molecule has 1 aromatic heterocycles. The van der Waals surface area contributed by atoms with Gasteiger partial charge in [0.05, 0.1) is 16.3 Å². The summed E-state index contributed by atoms with van der Waals surface area (Å²) < 4.78 is 1.87. The number of fused-ring (bicyclic) bond motifs is 3. The van der Waals surface area contributed by atoms with Crippen LogP contribution in [0.2, 0.25) is 0 Å². The Labute approximate surface area is 199 Å². The van der Waals surface area contributed by atoms with Crippen molar-refractivity contribution in [1.29, 1.82) is 0 Å². The predicted molar refractivity (Wildman–Crippen MR) is 139 cm³/mol. The molecule has 5 heteroatoms. The van der Waals surface area contributed by atoms with Crippen LogP contribution in [-0.4, -0.2) is 21.6 Å². The minimum absolute atomic E-state index is 0.0101. The maximum Gasteiger partial charge on any atom is 0.245 e. The quantitative estimate of drug-likeness (QED) is 0.307. The van der Waals surface area contributed by atoms with Crippen LogP contribution in [-0.2, 0) is 4.79 Å². The molecule has 4 nitrogen and oxygen atoms in total. The molecule has 1 N–H and O–H groups in total. The zero-order valence-electron chi connectivity index (χ0n) is 19.6. The molecule has 4 aromatic rings. The molecule has 0 fully saturated rings. The number of nitrogens with zero attached hydrogens (tertiary/aromatic N) is 1. The van der Waals surface area contributed by atoms with Gasteiger partial charge in [-0.2, -0.15) is 0 Å². The molecule has 3 aromatic carbocycles. The van der Waals surface area contributed by atoms with Gasteiger partial charge in [0.1, 0.15) is 0 Å². The number of nitrogens with one attached hydrogen (secondary N) is 1. The van der Waals surface area contributed by atoms with Gasteiger partial charge in [0.2, 0.25) is 11.8 Å². The maximum atomic E-state index is 13.7. The molecule has 1 atom stereocenters. The number of hydrogen-bond acceptors (Lipinski definition) is 3. The fourth-order valence-corrected chi connectivity index (χ4v) is 5.07. The average molecular weight is 459 g/mol. The summed E-state index contributed by atoms with van der Waals surface area (Å²) in [6.45, 7) is 8.19. The van der Waals surface area contributed by atoms with Gasteiger partial charge in [-0.1, -0.05) is 64.1 Å². The number of amides is 1. The van der Waals surface area contributed by atoms with E-state index in [0.29, 0.717) is 12.8 Å². The number of benzene rings is 3. The normalized spacial score (nSPS) is 12.7. The van der Waals surface area contributed by atoms with E-state index < -0.39 is 0 Å². The number of carbonyl (C=O) groups is 2. The van der Waals surface area contributed by atoms with E-state index in [1.54, 1.807) is 11.8 Å². The smallest absolute Gasteiger partial charge is 0.245 e. The van der Waals surface area contributed by atoms with Crippen molar-refractivity contribution < 1.29 is 9.59 Å². The van der Waals surface area contributed by atoms with Crippen molar-refractivity contribution in [2.24, 2.45) is 5.41 Å². The molecule has 1 unspecified atom stereocenters. The topological polar surface area (TPSA) is 51.1 Å². The van der Waals surface area contributed by atoms with Crippen molar-refractivity contribution >= 4 is 51.1 Å². The van der Waals surface area contributed by atoms with Crippen LogP contribution in [0.3, 0.4) is 0 Å². The van der Waals surface area contributed by atoms with Crippen LogP contribution in [0.4, 0.5) is 5.69 Å². The Morgan fingerprint density at radius 2 is 1.42 bits per heavy atom. The summed E-state index contributed by atoms with van der Waals surface area (Å²) in [5.41, 5.74) is 2.61. The summed E-state index contributed by atoms with van der Waals surface area (Å²) in [6.07, 6.45) is 1.18. The zero-order valence-corrected chi connectivity index (χ0v) is 20.4. The van der Waals surface area contributed by atoms with Crippen LogP contribution < -0.4 is 5.32 Å². The molecule has 0 saturated heterocycles. The van der Waals surface area contributed by atoms with Crippen LogP contribution in [0.1, 0.15) is 45.3 Å². The van der Waals surface area contributed by atoms with Gasteiger partial charge in [-0.05, 0) is 48.2 Å². The second-order valence-corrected chi connectivity index (χ2v) is 10.8. The number of hydrogen-bond donors (Lipinski definition) is 1. The third kappa shape index (κ3) is 5.14. The molecule has 170 valence electrons. The van der Waals surface area contributed by atoms with Gasteiger partial charge in [0.25, 0.3) is 0 Å². The highest BCUT2D eigenvalue weighted by Crippen LogP contribution is 2.33. The van der Waals surface area contributed by atoms with Gasteiger partial charge in [-0.25, -0.2) is 0 Å². The number of anilines is 1. The molecule has 0 spiro atoms. The molecule has 1 heterocycles. The SMILES string of the molecule is CCC(Sc1ccc(NC(=O)CC(C)(C)C)cc1)C(=O)n1c2ccccc2c2ccccc21. The lowest BCUT2D eigenvalue weighted by atomic mass is 9.92. The molecular formula is C28H30N2O2S. The van der Waals surface area contributed by atoms with E-state index in [0.717, 1.165) is 32.4 Å². The predicted octanol–water partition coefficient (Wildman–Crippen LogP) is 7.38. The minimum Gasteiger partial charge on any atom is -0.326 e. The largest absolute Gasteiger partial charge is 0.326 e. The van der Waals surface area contributed by atoms with E-state index in [2.05, 4.69) is 17.4 Å². The van der Waals surface area contributed by atoms with Gasteiger partial charge in [-0.3, -0.25) is 14.2 Å². The number of aromatic nitrogens is 1. The lowest BCUT2D eigenvalue weighted by molar-refractivity contribution is -0.117. The van der Waals surface area contributed by atoms with Gasteiger partial charge in [0, 0.05) is 27.8 Å². The Morgan fingerprint density at radius 3 is 1.94 bits per heavy atom. The first-order valence-corrected chi connectivity index (χ1v) is 12.2.